The summed E-state index contributed by atoms with van der Waals surface area (Å²) in [6, 6.07) is 6.69. The van der Waals surface area contributed by atoms with Crippen molar-refractivity contribution in [3.05, 3.63) is 29.8 Å². The smallest absolute Gasteiger partial charge is 0.251 e. The third-order valence-corrected chi connectivity index (χ3v) is 5.03. The van der Waals surface area contributed by atoms with Crippen LogP contribution in [0.4, 0.5) is 5.69 Å². The lowest BCUT2D eigenvalue weighted by molar-refractivity contribution is 0.0953. The van der Waals surface area contributed by atoms with E-state index in [1.807, 2.05) is 0 Å². The molecule has 1 heterocycles. The molecule has 1 fully saturated rings. The van der Waals surface area contributed by atoms with Crippen molar-refractivity contribution >= 4 is 21.6 Å². The summed E-state index contributed by atoms with van der Waals surface area (Å²) in [5.41, 5.74) is 6.38. The number of hydrogen-bond donors (Lipinski definition) is 2. The molecular weight excluding hydrogens is 278 g/mol. The van der Waals surface area contributed by atoms with Crippen LogP contribution in [0, 0.1) is 0 Å². The van der Waals surface area contributed by atoms with E-state index in [2.05, 4.69) is 5.32 Å². The van der Waals surface area contributed by atoms with Crippen LogP contribution in [0.25, 0.3) is 0 Å². The summed E-state index contributed by atoms with van der Waals surface area (Å²) in [5, 5.41) is 2.75. The summed E-state index contributed by atoms with van der Waals surface area (Å²) in [4.78, 5) is 11.9. The molecule has 110 valence electrons. The Morgan fingerprint density at radius 1 is 1.40 bits per heavy atom. The zero-order chi connectivity index (χ0) is 14.6. The first-order chi connectivity index (χ1) is 9.54. The number of anilines is 1. The topological polar surface area (TPSA) is 92.5 Å². The van der Waals surface area contributed by atoms with Gasteiger partial charge in [-0.25, -0.2) is 8.42 Å². The number of nitrogens with zero attached hydrogens (tertiary/aromatic N) is 1. The normalized spacial score (nSPS) is 17.1. The van der Waals surface area contributed by atoms with Gasteiger partial charge in [0.1, 0.15) is 0 Å². The molecule has 0 atom stereocenters. The minimum Gasteiger partial charge on any atom is -0.352 e. The van der Waals surface area contributed by atoms with E-state index in [1.165, 1.54) is 4.31 Å². The third kappa shape index (κ3) is 3.29. The standard InChI is InChI=1S/C13H19N3O3S/c14-6-2-7-15-13(17)11-4-1-5-12(10-11)16-8-3-9-20(16,18)19/h1,4-5,10H,2-3,6-9,14H2,(H,15,17). The summed E-state index contributed by atoms with van der Waals surface area (Å²) in [5.74, 6) is -0.0446. The van der Waals surface area contributed by atoms with E-state index in [1.54, 1.807) is 24.3 Å². The van der Waals surface area contributed by atoms with Crippen molar-refractivity contribution in [2.75, 3.05) is 29.7 Å². The summed E-state index contributed by atoms with van der Waals surface area (Å²) in [6.07, 6.45) is 1.33. The van der Waals surface area contributed by atoms with Gasteiger partial charge < -0.3 is 11.1 Å². The summed E-state index contributed by atoms with van der Waals surface area (Å²) >= 11 is 0. The molecule has 1 saturated heterocycles. The van der Waals surface area contributed by atoms with Crippen LogP contribution in [0.1, 0.15) is 23.2 Å². The number of rotatable bonds is 5. The van der Waals surface area contributed by atoms with E-state index in [-0.39, 0.29) is 11.7 Å². The molecule has 0 aromatic heterocycles. The van der Waals surface area contributed by atoms with Crippen LogP contribution in [0.2, 0.25) is 0 Å². The monoisotopic (exact) mass is 297 g/mol. The number of carbonyl (C=O) groups is 1. The van der Waals surface area contributed by atoms with Crippen LogP contribution in [0.15, 0.2) is 24.3 Å². The Balaban J connectivity index is 2.14. The molecule has 0 spiro atoms. The predicted octanol–water partition coefficient (Wildman–Crippen LogP) is 0.305. The molecule has 7 heteroatoms. The molecule has 0 aliphatic carbocycles. The minimum atomic E-state index is -3.22. The first-order valence-corrected chi connectivity index (χ1v) is 8.24. The second-order valence-corrected chi connectivity index (χ2v) is 6.70. The molecule has 0 unspecified atom stereocenters. The van der Waals surface area contributed by atoms with Crippen LogP contribution in [0.3, 0.4) is 0 Å². The highest BCUT2D eigenvalue weighted by molar-refractivity contribution is 7.93. The van der Waals surface area contributed by atoms with Gasteiger partial charge in [-0.2, -0.15) is 0 Å². The largest absolute Gasteiger partial charge is 0.352 e. The van der Waals surface area contributed by atoms with E-state index in [9.17, 15) is 13.2 Å². The van der Waals surface area contributed by atoms with Gasteiger partial charge in [-0.3, -0.25) is 9.10 Å². The summed E-state index contributed by atoms with van der Waals surface area (Å²) < 4.78 is 25.1. The fourth-order valence-electron chi connectivity index (χ4n) is 2.14. The Morgan fingerprint density at radius 3 is 2.85 bits per heavy atom. The number of amides is 1. The molecule has 1 aromatic carbocycles. The lowest BCUT2D eigenvalue weighted by atomic mass is 10.2. The molecule has 2 rings (SSSR count). The van der Waals surface area contributed by atoms with Gasteiger partial charge in [0.15, 0.2) is 0 Å². The maximum atomic E-state index is 11.9. The van der Waals surface area contributed by atoms with Crippen LogP contribution >= 0.6 is 0 Å². The number of carbonyl (C=O) groups excluding carboxylic acids is 1. The Labute approximate surface area is 119 Å². The highest BCUT2D eigenvalue weighted by Crippen LogP contribution is 2.24. The van der Waals surface area contributed by atoms with E-state index in [0.29, 0.717) is 43.7 Å². The molecule has 6 nitrogen and oxygen atoms in total. The third-order valence-electron chi connectivity index (χ3n) is 3.16. The average Bonchev–Trinajstić information content (AvgIpc) is 2.78. The zero-order valence-corrected chi connectivity index (χ0v) is 12.0. The Kier molecular flexibility index (Phi) is 4.61. The van der Waals surface area contributed by atoms with Crippen LogP contribution in [0.5, 0.6) is 0 Å². The highest BCUT2D eigenvalue weighted by atomic mass is 32.2. The van der Waals surface area contributed by atoms with Crippen molar-refractivity contribution in [1.29, 1.82) is 0 Å². The molecule has 1 aromatic rings. The zero-order valence-electron chi connectivity index (χ0n) is 11.2. The van der Waals surface area contributed by atoms with Crippen molar-refractivity contribution in [2.24, 2.45) is 5.73 Å². The van der Waals surface area contributed by atoms with Crippen LogP contribution in [-0.4, -0.2) is 39.7 Å². The molecule has 1 amide bonds. The SMILES string of the molecule is NCCCNC(=O)c1cccc(N2CCCS2(=O)=O)c1. The highest BCUT2D eigenvalue weighted by Gasteiger charge is 2.28. The van der Waals surface area contributed by atoms with Crippen molar-refractivity contribution in [3.8, 4) is 0 Å². The second kappa shape index (κ2) is 6.23. The van der Waals surface area contributed by atoms with Crippen LogP contribution < -0.4 is 15.4 Å². The number of nitrogens with one attached hydrogen (secondary N) is 1. The van der Waals surface area contributed by atoms with Gasteiger partial charge in [0.2, 0.25) is 10.0 Å². The van der Waals surface area contributed by atoms with Crippen molar-refractivity contribution < 1.29 is 13.2 Å². The number of nitrogens with two attached hydrogens (primary N) is 1. The number of sulfonamides is 1. The van der Waals surface area contributed by atoms with Crippen molar-refractivity contribution in [2.45, 2.75) is 12.8 Å². The fraction of sp³-hybridized carbons (Fsp3) is 0.462. The molecule has 20 heavy (non-hydrogen) atoms. The fourth-order valence-corrected chi connectivity index (χ4v) is 3.69. The molecule has 0 saturated carbocycles. The minimum absolute atomic E-state index is 0.167. The lowest BCUT2D eigenvalue weighted by Gasteiger charge is -2.17. The van der Waals surface area contributed by atoms with Gasteiger partial charge in [-0.1, -0.05) is 6.07 Å². The molecule has 1 aliphatic rings. The summed E-state index contributed by atoms with van der Waals surface area (Å²) in [6.45, 7) is 1.51. The predicted molar refractivity (Wildman–Crippen MR) is 78.2 cm³/mol. The van der Waals surface area contributed by atoms with Crippen molar-refractivity contribution in [3.63, 3.8) is 0 Å². The van der Waals surface area contributed by atoms with Gasteiger partial charge >= 0.3 is 0 Å². The van der Waals surface area contributed by atoms with E-state index in [4.69, 9.17) is 5.73 Å². The lowest BCUT2D eigenvalue weighted by Crippen LogP contribution is -2.27. The van der Waals surface area contributed by atoms with E-state index >= 15 is 0 Å². The Bertz CT molecular complexity index is 586. The first-order valence-electron chi connectivity index (χ1n) is 6.63. The van der Waals surface area contributed by atoms with Gasteiger partial charge in [-0.05, 0) is 37.6 Å². The van der Waals surface area contributed by atoms with Gasteiger partial charge in [-0.15, -0.1) is 0 Å². The molecule has 0 bridgehead atoms. The summed E-state index contributed by atoms with van der Waals surface area (Å²) in [7, 11) is -3.22. The van der Waals surface area contributed by atoms with Gasteiger partial charge in [0.25, 0.3) is 5.91 Å². The molecule has 0 radical (unpaired) electrons. The quantitative estimate of drug-likeness (QED) is 0.765. The van der Waals surface area contributed by atoms with Crippen molar-refractivity contribution in [1.82, 2.24) is 5.32 Å². The molecular formula is C13H19N3O3S. The molecule has 3 N–H and O–H groups in total. The molecule has 1 aliphatic heterocycles. The number of hydrogen-bond acceptors (Lipinski definition) is 4. The second-order valence-electron chi connectivity index (χ2n) is 4.69. The van der Waals surface area contributed by atoms with Crippen LogP contribution in [-0.2, 0) is 10.0 Å². The van der Waals surface area contributed by atoms with E-state index in [0.717, 1.165) is 0 Å². The Morgan fingerprint density at radius 2 is 2.20 bits per heavy atom. The first kappa shape index (κ1) is 14.8. The maximum absolute atomic E-state index is 11.9. The van der Waals surface area contributed by atoms with Gasteiger partial charge in [0, 0.05) is 18.7 Å². The maximum Gasteiger partial charge on any atom is 0.251 e. The Hall–Kier alpha value is -1.60. The average molecular weight is 297 g/mol. The van der Waals surface area contributed by atoms with Gasteiger partial charge in [0.05, 0.1) is 11.4 Å². The van der Waals surface area contributed by atoms with E-state index < -0.39 is 10.0 Å². The number of benzene rings is 1.